The SMILES string of the molecule is CC(CCS(C)(=O)=O)C(Br)c1ccccc1. The van der Waals surface area contributed by atoms with Crippen molar-refractivity contribution >= 4 is 25.8 Å². The topological polar surface area (TPSA) is 34.1 Å². The monoisotopic (exact) mass is 304 g/mol. The third-order valence-corrected chi connectivity index (χ3v) is 4.97. The molecular formula is C12H17BrO2S. The molecule has 2 unspecified atom stereocenters. The van der Waals surface area contributed by atoms with Crippen LogP contribution in [0.1, 0.15) is 23.7 Å². The lowest BCUT2D eigenvalue weighted by atomic mass is 9.99. The van der Waals surface area contributed by atoms with Crippen molar-refractivity contribution in [3.05, 3.63) is 35.9 Å². The summed E-state index contributed by atoms with van der Waals surface area (Å²) in [6, 6.07) is 10.1. The molecule has 0 aliphatic rings. The Labute approximate surface area is 106 Å². The molecule has 1 aromatic carbocycles. The molecule has 0 heterocycles. The number of rotatable bonds is 5. The molecule has 0 aliphatic carbocycles. The van der Waals surface area contributed by atoms with Gasteiger partial charge >= 0.3 is 0 Å². The second-order valence-electron chi connectivity index (χ2n) is 4.21. The zero-order valence-electron chi connectivity index (χ0n) is 9.56. The van der Waals surface area contributed by atoms with E-state index >= 15 is 0 Å². The molecule has 0 amide bonds. The molecule has 0 saturated heterocycles. The molecule has 4 heteroatoms. The van der Waals surface area contributed by atoms with E-state index in [-0.39, 0.29) is 10.6 Å². The molecule has 2 atom stereocenters. The predicted octanol–water partition coefficient (Wildman–Crippen LogP) is 3.19. The zero-order valence-corrected chi connectivity index (χ0v) is 12.0. The first-order valence-corrected chi connectivity index (χ1v) is 8.24. The highest BCUT2D eigenvalue weighted by Crippen LogP contribution is 2.32. The van der Waals surface area contributed by atoms with Crippen LogP contribution in [0.4, 0.5) is 0 Å². The maximum atomic E-state index is 11.1. The fraction of sp³-hybridized carbons (Fsp3) is 0.500. The Kier molecular flexibility index (Phi) is 4.99. The number of hydrogen-bond acceptors (Lipinski definition) is 2. The quantitative estimate of drug-likeness (QED) is 0.783. The molecule has 0 aliphatic heterocycles. The summed E-state index contributed by atoms with van der Waals surface area (Å²) in [5.41, 5.74) is 1.20. The first kappa shape index (κ1) is 13.7. The van der Waals surface area contributed by atoms with Crippen molar-refractivity contribution in [2.45, 2.75) is 18.2 Å². The van der Waals surface area contributed by atoms with E-state index in [1.54, 1.807) is 0 Å². The zero-order chi connectivity index (χ0) is 12.2. The molecule has 0 saturated carbocycles. The maximum Gasteiger partial charge on any atom is 0.147 e. The molecule has 90 valence electrons. The van der Waals surface area contributed by atoms with Gasteiger partial charge in [0.15, 0.2) is 0 Å². The summed E-state index contributed by atoms with van der Waals surface area (Å²) in [7, 11) is -2.86. The normalized spacial score (nSPS) is 15.7. The first-order chi connectivity index (χ1) is 7.40. The Morgan fingerprint density at radius 1 is 1.25 bits per heavy atom. The van der Waals surface area contributed by atoms with Gasteiger partial charge in [0.05, 0.1) is 5.75 Å². The van der Waals surface area contributed by atoms with Crippen LogP contribution in [-0.2, 0) is 9.84 Å². The highest BCUT2D eigenvalue weighted by molar-refractivity contribution is 9.09. The highest BCUT2D eigenvalue weighted by atomic mass is 79.9. The first-order valence-electron chi connectivity index (χ1n) is 5.27. The predicted molar refractivity (Wildman–Crippen MR) is 71.6 cm³/mol. The average Bonchev–Trinajstić information content (AvgIpc) is 2.25. The molecule has 16 heavy (non-hydrogen) atoms. The summed E-state index contributed by atoms with van der Waals surface area (Å²) in [6.07, 6.45) is 1.97. The van der Waals surface area contributed by atoms with E-state index in [4.69, 9.17) is 0 Å². The fourth-order valence-electron chi connectivity index (χ4n) is 1.51. The van der Waals surface area contributed by atoms with Crippen molar-refractivity contribution in [3.8, 4) is 0 Å². The van der Waals surface area contributed by atoms with Crippen molar-refractivity contribution in [1.29, 1.82) is 0 Å². The molecule has 0 bridgehead atoms. The average molecular weight is 305 g/mol. The summed E-state index contributed by atoms with van der Waals surface area (Å²) in [5.74, 6) is 0.556. The molecule has 0 fully saturated rings. The van der Waals surface area contributed by atoms with Gasteiger partial charge in [-0.05, 0) is 17.9 Å². The van der Waals surface area contributed by atoms with Gasteiger partial charge in [0.25, 0.3) is 0 Å². The molecule has 0 spiro atoms. The molecule has 0 aromatic heterocycles. The summed E-state index contributed by atoms with van der Waals surface area (Å²) >= 11 is 3.62. The smallest absolute Gasteiger partial charge is 0.147 e. The van der Waals surface area contributed by atoms with Crippen molar-refractivity contribution in [2.24, 2.45) is 5.92 Å². The van der Waals surface area contributed by atoms with E-state index in [1.165, 1.54) is 11.8 Å². The van der Waals surface area contributed by atoms with E-state index in [9.17, 15) is 8.42 Å². The van der Waals surface area contributed by atoms with Gasteiger partial charge in [0.1, 0.15) is 9.84 Å². The van der Waals surface area contributed by atoms with E-state index in [2.05, 4.69) is 35.0 Å². The van der Waals surface area contributed by atoms with Gasteiger partial charge in [-0.3, -0.25) is 0 Å². The number of sulfone groups is 1. The number of benzene rings is 1. The van der Waals surface area contributed by atoms with Crippen molar-refractivity contribution in [2.75, 3.05) is 12.0 Å². The van der Waals surface area contributed by atoms with Crippen LogP contribution >= 0.6 is 15.9 Å². The number of alkyl halides is 1. The van der Waals surface area contributed by atoms with Gasteiger partial charge in [-0.25, -0.2) is 8.42 Å². The standard InChI is InChI=1S/C12H17BrO2S/c1-10(8-9-16(2,14)15)12(13)11-6-4-3-5-7-11/h3-7,10,12H,8-9H2,1-2H3. The summed E-state index contributed by atoms with van der Waals surface area (Å²) in [6.45, 7) is 2.07. The van der Waals surface area contributed by atoms with Crippen LogP contribution < -0.4 is 0 Å². The third-order valence-electron chi connectivity index (χ3n) is 2.56. The Morgan fingerprint density at radius 3 is 2.31 bits per heavy atom. The van der Waals surface area contributed by atoms with Gasteiger partial charge in [-0.2, -0.15) is 0 Å². The van der Waals surface area contributed by atoms with Crippen LogP contribution in [0, 0.1) is 5.92 Å². The lowest BCUT2D eigenvalue weighted by molar-refractivity contribution is 0.542. The van der Waals surface area contributed by atoms with Crippen molar-refractivity contribution in [1.82, 2.24) is 0 Å². The highest BCUT2D eigenvalue weighted by Gasteiger charge is 2.17. The van der Waals surface area contributed by atoms with Crippen LogP contribution in [0.15, 0.2) is 30.3 Å². The fourth-order valence-corrected chi connectivity index (χ4v) is 2.88. The number of hydrogen-bond donors (Lipinski definition) is 0. The Bertz CT molecular complexity index is 414. The molecule has 0 radical (unpaired) electrons. The minimum absolute atomic E-state index is 0.218. The second-order valence-corrected chi connectivity index (χ2v) is 7.45. The molecule has 2 nitrogen and oxygen atoms in total. The van der Waals surface area contributed by atoms with Crippen molar-refractivity contribution in [3.63, 3.8) is 0 Å². The van der Waals surface area contributed by atoms with Gasteiger partial charge in [0.2, 0.25) is 0 Å². The van der Waals surface area contributed by atoms with E-state index in [0.717, 1.165) is 0 Å². The Balaban J connectivity index is 2.58. The second kappa shape index (κ2) is 5.82. The molecule has 0 N–H and O–H groups in total. The Hall–Kier alpha value is -0.350. The van der Waals surface area contributed by atoms with Gasteiger partial charge in [-0.15, -0.1) is 0 Å². The lowest BCUT2D eigenvalue weighted by Crippen LogP contribution is -2.11. The van der Waals surface area contributed by atoms with Crippen LogP contribution in [0.5, 0.6) is 0 Å². The van der Waals surface area contributed by atoms with Crippen LogP contribution in [0.3, 0.4) is 0 Å². The van der Waals surface area contributed by atoms with E-state index in [0.29, 0.717) is 12.3 Å². The third kappa shape index (κ3) is 4.66. The number of halogens is 1. The minimum Gasteiger partial charge on any atom is -0.229 e. The van der Waals surface area contributed by atoms with Crippen LogP contribution in [-0.4, -0.2) is 20.4 Å². The van der Waals surface area contributed by atoms with Crippen LogP contribution in [0.2, 0.25) is 0 Å². The molecular weight excluding hydrogens is 288 g/mol. The largest absolute Gasteiger partial charge is 0.229 e. The minimum atomic E-state index is -2.86. The summed E-state index contributed by atoms with van der Waals surface area (Å²) in [4.78, 5) is 0.218. The maximum absolute atomic E-state index is 11.1. The van der Waals surface area contributed by atoms with Gasteiger partial charge in [0, 0.05) is 11.1 Å². The molecule has 1 rings (SSSR count). The van der Waals surface area contributed by atoms with Gasteiger partial charge in [-0.1, -0.05) is 53.2 Å². The van der Waals surface area contributed by atoms with Crippen LogP contribution in [0.25, 0.3) is 0 Å². The van der Waals surface area contributed by atoms with Crippen molar-refractivity contribution < 1.29 is 8.42 Å². The summed E-state index contributed by atoms with van der Waals surface area (Å²) < 4.78 is 22.2. The Morgan fingerprint density at radius 2 is 1.81 bits per heavy atom. The molecule has 1 aromatic rings. The summed E-state index contributed by atoms with van der Waals surface area (Å²) in [5, 5.41) is 0. The lowest BCUT2D eigenvalue weighted by Gasteiger charge is -2.18. The van der Waals surface area contributed by atoms with Gasteiger partial charge < -0.3 is 0 Å². The van der Waals surface area contributed by atoms with E-state index < -0.39 is 9.84 Å². The van der Waals surface area contributed by atoms with E-state index in [1.807, 2.05) is 18.2 Å².